The first-order valence-corrected chi connectivity index (χ1v) is 11.8. The first-order chi connectivity index (χ1) is 14.2. The summed E-state index contributed by atoms with van der Waals surface area (Å²) in [7, 11) is 0. The van der Waals surface area contributed by atoms with Crippen LogP contribution in [0.15, 0.2) is 70.6 Å². The topological polar surface area (TPSA) is 34.9 Å². The Balaban J connectivity index is 1.70. The normalized spacial score (nSPS) is 16.1. The highest BCUT2D eigenvalue weighted by Crippen LogP contribution is 2.41. The van der Waals surface area contributed by atoms with Gasteiger partial charge in [0, 0.05) is 10.6 Å². The molecule has 1 atom stereocenters. The van der Waals surface area contributed by atoms with Crippen molar-refractivity contribution >= 4 is 33.3 Å². The first-order valence-electron chi connectivity index (χ1n) is 10.0. The summed E-state index contributed by atoms with van der Waals surface area (Å²) in [6.07, 6.45) is 3.41. The summed E-state index contributed by atoms with van der Waals surface area (Å²) in [4.78, 5) is 21.0. The molecule has 0 unspecified atom stereocenters. The Morgan fingerprint density at radius 1 is 1.10 bits per heavy atom. The van der Waals surface area contributed by atoms with Crippen LogP contribution in [0.25, 0.3) is 15.9 Å². The van der Waals surface area contributed by atoms with Crippen LogP contribution in [0.2, 0.25) is 0 Å². The summed E-state index contributed by atoms with van der Waals surface area (Å²) < 4.78 is 1.81. The minimum Gasteiger partial charge on any atom is -0.268 e. The second-order valence-corrected chi connectivity index (χ2v) is 9.58. The van der Waals surface area contributed by atoms with Crippen LogP contribution < -0.4 is 5.56 Å². The molecule has 0 saturated carbocycles. The quantitative estimate of drug-likeness (QED) is 0.293. The van der Waals surface area contributed by atoms with Crippen LogP contribution in [-0.4, -0.2) is 9.55 Å². The molecule has 0 spiro atoms. The van der Waals surface area contributed by atoms with Gasteiger partial charge in [-0.3, -0.25) is 9.36 Å². The van der Waals surface area contributed by atoms with Crippen LogP contribution >= 0.6 is 23.1 Å². The molecular formula is C24H22N2OS2. The van der Waals surface area contributed by atoms with E-state index in [2.05, 4.69) is 19.1 Å². The zero-order valence-corrected chi connectivity index (χ0v) is 17.9. The highest BCUT2D eigenvalue weighted by atomic mass is 32.2. The summed E-state index contributed by atoms with van der Waals surface area (Å²) in [5.74, 6) is 1.21. The Hall–Kier alpha value is -2.37. The monoisotopic (exact) mass is 418 g/mol. The van der Waals surface area contributed by atoms with Crippen LogP contribution in [0.1, 0.15) is 41.7 Å². The maximum atomic E-state index is 13.8. The number of aryl methyl sites for hydroxylation is 1. The third-order valence-corrected chi connectivity index (χ3v) is 7.74. The number of fused-ring (bicyclic) bond motifs is 3. The molecular weight excluding hydrogens is 396 g/mol. The highest BCUT2D eigenvalue weighted by Gasteiger charge is 2.26. The smallest absolute Gasteiger partial charge is 0.267 e. The number of thiophene rings is 1. The van der Waals surface area contributed by atoms with E-state index in [0.717, 1.165) is 39.7 Å². The molecule has 2 aromatic heterocycles. The van der Waals surface area contributed by atoms with Crippen molar-refractivity contribution in [3.8, 4) is 5.69 Å². The van der Waals surface area contributed by atoms with E-state index < -0.39 is 0 Å². The molecule has 0 bridgehead atoms. The van der Waals surface area contributed by atoms with Crippen LogP contribution in [0.5, 0.6) is 0 Å². The zero-order chi connectivity index (χ0) is 19.8. The number of hydrogen-bond donors (Lipinski definition) is 0. The Bertz CT molecular complexity index is 1210. The Labute approximate surface area is 178 Å². The third kappa shape index (κ3) is 3.43. The lowest BCUT2D eigenvalue weighted by Crippen LogP contribution is -2.22. The van der Waals surface area contributed by atoms with E-state index in [0.29, 0.717) is 5.92 Å². The van der Waals surface area contributed by atoms with E-state index in [-0.39, 0.29) is 5.56 Å². The maximum absolute atomic E-state index is 13.8. The number of benzene rings is 2. The van der Waals surface area contributed by atoms with E-state index in [1.165, 1.54) is 22.4 Å². The van der Waals surface area contributed by atoms with Gasteiger partial charge in [0.15, 0.2) is 5.16 Å². The molecule has 1 aliphatic rings. The summed E-state index contributed by atoms with van der Waals surface area (Å²) in [6.45, 7) is 2.24. The van der Waals surface area contributed by atoms with Gasteiger partial charge in [0.2, 0.25) is 0 Å². The van der Waals surface area contributed by atoms with Gasteiger partial charge in [-0.25, -0.2) is 4.98 Å². The highest BCUT2D eigenvalue weighted by molar-refractivity contribution is 7.98. The summed E-state index contributed by atoms with van der Waals surface area (Å²) in [5.41, 5.74) is 3.43. The van der Waals surface area contributed by atoms with Gasteiger partial charge in [-0.2, -0.15) is 0 Å². The molecule has 4 aromatic rings. The molecule has 0 radical (unpaired) electrons. The third-order valence-electron chi connectivity index (χ3n) is 5.57. The lowest BCUT2D eigenvalue weighted by atomic mass is 9.88. The molecule has 2 heterocycles. The molecule has 5 heteroatoms. The maximum Gasteiger partial charge on any atom is 0.267 e. The summed E-state index contributed by atoms with van der Waals surface area (Å²) in [5, 5.41) is 1.61. The van der Waals surface area contributed by atoms with E-state index in [1.807, 2.05) is 53.1 Å². The molecule has 146 valence electrons. The molecule has 2 aromatic carbocycles. The first kappa shape index (κ1) is 18.6. The average Bonchev–Trinajstić information content (AvgIpc) is 3.14. The van der Waals surface area contributed by atoms with E-state index in [4.69, 9.17) is 4.98 Å². The number of para-hydroxylation sites is 1. The van der Waals surface area contributed by atoms with Crippen LogP contribution in [-0.2, 0) is 12.2 Å². The van der Waals surface area contributed by atoms with Gasteiger partial charge in [-0.05, 0) is 48.4 Å². The van der Waals surface area contributed by atoms with Gasteiger partial charge in [0.1, 0.15) is 4.83 Å². The zero-order valence-electron chi connectivity index (χ0n) is 16.3. The fourth-order valence-corrected chi connectivity index (χ4v) is 6.49. The molecule has 0 fully saturated rings. The second-order valence-electron chi connectivity index (χ2n) is 7.56. The van der Waals surface area contributed by atoms with Gasteiger partial charge >= 0.3 is 0 Å². The van der Waals surface area contributed by atoms with Gasteiger partial charge in [-0.1, -0.05) is 67.2 Å². The van der Waals surface area contributed by atoms with Crippen LogP contribution in [0.3, 0.4) is 0 Å². The largest absolute Gasteiger partial charge is 0.268 e. The van der Waals surface area contributed by atoms with Gasteiger partial charge in [-0.15, -0.1) is 11.3 Å². The van der Waals surface area contributed by atoms with Crippen molar-refractivity contribution in [3.63, 3.8) is 0 Å². The Kier molecular flexibility index (Phi) is 5.02. The summed E-state index contributed by atoms with van der Waals surface area (Å²) >= 11 is 3.35. The lowest BCUT2D eigenvalue weighted by Gasteiger charge is -2.19. The van der Waals surface area contributed by atoms with Crippen molar-refractivity contribution in [2.45, 2.75) is 43.0 Å². The van der Waals surface area contributed by atoms with E-state index >= 15 is 0 Å². The lowest BCUT2D eigenvalue weighted by molar-refractivity contribution is 0.601. The average molecular weight is 419 g/mol. The standard InChI is InChI=1S/C24H22N2OS2/c1-16-9-8-14-19-20(16)21-22(29-19)25-24(28-15-17-10-4-2-5-11-17)26(23(21)27)18-12-6-3-7-13-18/h2-7,10-13,16H,8-9,14-15H2,1H3/t16-/m1/s1. The van der Waals surface area contributed by atoms with Crippen molar-refractivity contribution < 1.29 is 0 Å². The molecule has 5 rings (SSSR count). The molecule has 0 amide bonds. The number of thioether (sulfide) groups is 1. The number of nitrogens with zero attached hydrogens (tertiary/aromatic N) is 2. The van der Waals surface area contributed by atoms with Crippen molar-refractivity contribution in [1.29, 1.82) is 0 Å². The predicted molar refractivity (Wildman–Crippen MR) is 123 cm³/mol. The molecule has 0 saturated heterocycles. The predicted octanol–water partition coefficient (Wildman–Crippen LogP) is 6.18. The number of hydrogen-bond acceptors (Lipinski definition) is 4. The number of aromatic nitrogens is 2. The molecule has 1 aliphatic carbocycles. The SMILES string of the molecule is C[C@@H]1CCCc2sc3nc(SCc4ccccc4)n(-c4ccccc4)c(=O)c3c21. The van der Waals surface area contributed by atoms with Crippen molar-refractivity contribution in [3.05, 3.63) is 87.0 Å². The minimum absolute atomic E-state index is 0.0722. The van der Waals surface area contributed by atoms with Crippen molar-refractivity contribution in [2.75, 3.05) is 0 Å². The molecule has 0 N–H and O–H groups in total. The van der Waals surface area contributed by atoms with Crippen molar-refractivity contribution in [2.24, 2.45) is 0 Å². The molecule has 29 heavy (non-hydrogen) atoms. The van der Waals surface area contributed by atoms with Gasteiger partial charge in [0.25, 0.3) is 5.56 Å². The van der Waals surface area contributed by atoms with Gasteiger partial charge < -0.3 is 0 Å². The van der Waals surface area contributed by atoms with Crippen LogP contribution in [0.4, 0.5) is 0 Å². The Morgan fingerprint density at radius 3 is 2.59 bits per heavy atom. The van der Waals surface area contributed by atoms with Crippen molar-refractivity contribution in [1.82, 2.24) is 9.55 Å². The fourth-order valence-electron chi connectivity index (χ4n) is 4.14. The van der Waals surface area contributed by atoms with E-state index in [1.54, 1.807) is 23.1 Å². The van der Waals surface area contributed by atoms with Gasteiger partial charge in [0.05, 0.1) is 11.1 Å². The Morgan fingerprint density at radius 2 is 1.83 bits per heavy atom. The summed E-state index contributed by atoms with van der Waals surface area (Å²) in [6, 6.07) is 20.3. The molecule has 0 aliphatic heterocycles. The fraction of sp³-hybridized carbons (Fsp3) is 0.250. The molecule has 3 nitrogen and oxygen atoms in total. The number of rotatable bonds is 4. The van der Waals surface area contributed by atoms with Crippen LogP contribution in [0, 0.1) is 0 Å². The van der Waals surface area contributed by atoms with E-state index in [9.17, 15) is 4.79 Å². The second kappa shape index (κ2) is 7.81. The minimum atomic E-state index is 0.0722.